The molecule has 160 valence electrons. The molecule has 0 spiro atoms. The van der Waals surface area contributed by atoms with Gasteiger partial charge in [0.05, 0.1) is 16.8 Å². The fourth-order valence-electron chi connectivity index (χ4n) is 3.38. The monoisotopic (exact) mass is 422 g/mol. The molecule has 0 saturated carbocycles. The summed E-state index contributed by atoms with van der Waals surface area (Å²) in [5.41, 5.74) is 2.22. The molecule has 0 N–H and O–H groups in total. The van der Waals surface area contributed by atoms with E-state index < -0.39 is 0 Å². The van der Waals surface area contributed by atoms with Crippen LogP contribution >= 0.6 is 11.3 Å². The Bertz CT molecular complexity index is 860. The zero-order chi connectivity index (χ0) is 21.0. The first-order valence-electron chi connectivity index (χ1n) is 11.3. The van der Waals surface area contributed by atoms with Gasteiger partial charge in [-0.05, 0) is 68.3 Å². The van der Waals surface area contributed by atoms with Gasteiger partial charge in [0.1, 0.15) is 10.8 Å². The van der Waals surface area contributed by atoms with E-state index in [2.05, 4.69) is 78.3 Å². The van der Waals surface area contributed by atoms with Gasteiger partial charge in [0.2, 0.25) is 0 Å². The van der Waals surface area contributed by atoms with E-state index in [9.17, 15) is 0 Å². The lowest BCUT2D eigenvalue weighted by Crippen LogP contribution is -2.28. The van der Waals surface area contributed by atoms with Crippen LogP contribution in [0.15, 0.2) is 48.5 Å². The van der Waals surface area contributed by atoms with Crippen molar-refractivity contribution >= 4 is 33.7 Å². The molecule has 2 aromatic carbocycles. The molecule has 0 aliphatic heterocycles. The minimum atomic E-state index is 0.773. The van der Waals surface area contributed by atoms with Crippen molar-refractivity contribution in [2.24, 2.45) is 0 Å². The van der Waals surface area contributed by atoms with Gasteiger partial charge in [0.25, 0.3) is 0 Å². The summed E-state index contributed by atoms with van der Waals surface area (Å²) in [4.78, 5) is 7.24. The van der Waals surface area contributed by atoms with Gasteiger partial charge in [0.15, 0.2) is 0 Å². The predicted molar refractivity (Wildman–Crippen MR) is 131 cm³/mol. The van der Waals surface area contributed by atoms with Crippen molar-refractivity contribution in [1.82, 2.24) is 9.88 Å². The summed E-state index contributed by atoms with van der Waals surface area (Å²) in [5, 5.41) is 1.03. The van der Waals surface area contributed by atoms with E-state index in [1.807, 2.05) is 6.07 Å². The number of thiazole rings is 1. The second-order valence-electron chi connectivity index (χ2n) is 7.67. The number of nitrogens with zero attached hydrogens (tertiary/aromatic N) is 2. The number of hydrogen-bond acceptors (Lipinski definition) is 4. The normalized spacial score (nSPS) is 11.7. The van der Waals surface area contributed by atoms with Crippen LogP contribution < -0.4 is 4.74 Å². The molecule has 0 aliphatic carbocycles. The average molecular weight is 423 g/mol. The van der Waals surface area contributed by atoms with Crippen LogP contribution in [0.5, 0.6) is 5.75 Å². The number of fused-ring (bicyclic) bond motifs is 1. The van der Waals surface area contributed by atoms with Gasteiger partial charge >= 0.3 is 0 Å². The maximum absolute atomic E-state index is 5.96. The summed E-state index contributed by atoms with van der Waals surface area (Å²) in [7, 11) is 0. The third-order valence-corrected chi connectivity index (χ3v) is 6.15. The molecule has 0 fully saturated rings. The van der Waals surface area contributed by atoms with Gasteiger partial charge in [-0.25, -0.2) is 4.98 Å². The first-order valence-corrected chi connectivity index (χ1v) is 12.1. The second kappa shape index (κ2) is 12.5. The van der Waals surface area contributed by atoms with E-state index in [1.54, 1.807) is 11.3 Å². The SMILES string of the molecule is CCCCN(CCCC)CCCOc1ccc(/C=C/c2nc3ccccc3s2)cc1. The molecule has 3 rings (SSSR count). The molecule has 0 unspecified atom stereocenters. The Morgan fingerprint density at radius 2 is 1.57 bits per heavy atom. The molecule has 3 aromatic rings. The molecule has 30 heavy (non-hydrogen) atoms. The number of para-hydroxylation sites is 1. The van der Waals surface area contributed by atoms with E-state index in [0.29, 0.717) is 0 Å². The molecule has 0 amide bonds. The summed E-state index contributed by atoms with van der Waals surface area (Å²) in [6, 6.07) is 16.6. The lowest BCUT2D eigenvalue weighted by atomic mass is 10.2. The van der Waals surface area contributed by atoms with Crippen LogP contribution in [0.2, 0.25) is 0 Å². The van der Waals surface area contributed by atoms with Crippen LogP contribution in [0.3, 0.4) is 0 Å². The molecular formula is C26H34N2OS. The van der Waals surface area contributed by atoms with Gasteiger partial charge in [-0.3, -0.25) is 0 Å². The Morgan fingerprint density at radius 3 is 2.27 bits per heavy atom. The maximum Gasteiger partial charge on any atom is 0.119 e. The minimum absolute atomic E-state index is 0.773. The quantitative estimate of drug-likeness (QED) is 0.274. The van der Waals surface area contributed by atoms with Crippen molar-refractivity contribution in [1.29, 1.82) is 0 Å². The highest BCUT2D eigenvalue weighted by atomic mass is 32.1. The Balaban J connectivity index is 1.43. The molecule has 0 radical (unpaired) electrons. The van der Waals surface area contributed by atoms with Crippen molar-refractivity contribution in [2.45, 2.75) is 46.0 Å². The van der Waals surface area contributed by atoms with Gasteiger partial charge in [-0.1, -0.05) is 57.0 Å². The lowest BCUT2D eigenvalue weighted by molar-refractivity contribution is 0.229. The fourth-order valence-corrected chi connectivity index (χ4v) is 4.25. The molecule has 1 aromatic heterocycles. The predicted octanol–water partition coefficient (Wildman–Crippen LogP) is 7.14. The van der Waals surface area contributed by atoms with E-state index in [0.717, 1.165) is 41.4 Å². The van der Waals surface area contributed by atoms with Crippen molar-refractivity contribution in [3.63, 3.8) is 0 Å². The zero-order valence-electron chi connectivity index (χ0n) is 18.3. The lowest BCUT2D eigenvalue weighted by Gasteiger charge is -2.21. The van der Waals surface area contributed by atoms with Crippen molar-refractivity contribution < 1.29 is 4.74 Å². The van der Waals surface area contributed by atoms with Gasteiger partial charge in [-0.15, -0.1) is 11.3 Å². The Morgan fingerprint density at radius 1 is 0.867 bits per heavy atom. The summed E-state index contributed by atoms with van der Waals surface area (Å²) in [6.45, 7) is 8.86. The minimum Gasteiger partial charge on any atom is -0.494 e. The van der Waals surface area contributed by atoms with Gasteiger partial charge < -0.3 is 9.64 Å². The van der Waals surface area contributed by atoms with Crippen LogP contribution in [-0.4, -0.2) is 36.1 Å². The molecule has 4 heteroatoms. The molecule has 0 saturated heterocycles. The molecule has 1 heterocycles. The third-order valence-electron chi connectivity index (χ3n) is 5.15. The maximum atomic E-state index is 5.96. The molecular weight excluding hydrogens is 388 g/mol. The molecule has 0 atom stereocenters. The Hall–Kier alpha value is -2.17. The number of aromatic nitrogens is 1. The highest BCUT2D eigenvalue weighted by Gasteiger charge is 2.04. The van der Waals surface area contributed by atoms with Crippen molar-refractivity contribution in [3.8, 4) is 5.75 Å². The number of ether oxygens (including phenoxy) is 1. The Labute approximate surface area is 185 Å². The van der Waals surface area contributed by atoms with Gasteiger partial charge in [-0.2, -0.15) is 0 Å². The first kappa shape index (κ1) is 22.5. The van der Waals surface area contributed by atoms with E-state index in [-0.39, 0.29) is 0 Å². The number of benzene rings is 2. The summed E-state index contributed by atoms with van der Waals surface area (Å²) >= 11 is 1.72. The smallest absolute Gasteiger partial charge is 0.119 e. The highest BCUT2D eigenvalue weighted by Crippen LogP contribution is 2.23. The Kier molecular flexibility index (Phi) is 9.39. The summed E-state index contributed by atoms with van der Waals surface area (Å²) < 4.78 is 7.19. The van der Waals surface area contributed by atoms with Crippen molar-refractivity contribution in [3.05, 3.63) is 59.1 Å². The van der Waals surface area contributed by atoms with E-state index in [1.165, 1.54) is 43.5 Å². The van der Waals surface area contributed by atoms with Crippen LogP contribution in [-0.2, 0) is 0 Å². The van der Waals surface area contributed by atoms with Crippen LogP contribution in [0.1, 0.15) is 56.5 Å². The number of hydrogen-bond donors (Lipinski definition) is 0. The first-order chi connectivity index (χ1) is 14.8. The summed E-state index contributed by atoms with van der Waals surface area (Å²) in [6.07, 6.45) is 10.4. The molecule has 0 bridgehead atoms. The van der Waals surface area contributed by atoms with Crippen LogP contribution in [0, 0.1) is 0 Å². The van der Waals surface area contributed by atoms with Crippen molar-refractivity contribution in [2.75, 3.05) is 26.2 Å². The van der Waals surface area contributed by atoms with Crippen LogP contribution in [0.4, 0.5) is 0 Å². The summed E-state index contributed by atoms with van der Waals surface area (Å²) in [5.74, 6) is 0.945. The number of unbranched alkanes of at least 4 members (excludes halogenated alkanes) is 2. The molecule has 0 aliphatic rings. The molecule has 3 nitrogen and oxygen atoms in total. The average Bonchev–Trinajstić information content (AvgIpc) is 3.20. The highest BCUT2D eigenvalue weighted by molar-refractivity contribution is 7.19. The van der Waals surface area contributed by atoms with Gasteiger partial charge in [0, 0.05) is 6.54 Å². The van der Waals surface area contributed by atoms with E-state index in [4.69, 9.17) is 4.74 Å². The zero-order valence-corrected chi connectivity index (χ0v) is 19.2. The second-order valence-corrected chi connectivity index (χ2v) is 8.74. The topological polar surface area (TPSA) is 25.4 Å². The van der Waals surface area contributed by atoms with Crippen LogP contribution in [0.25, 0.3) is 22.4 Å². The van der Waals surface area contributed by atoms with E-state index >= 15 is 0 Å². The largest absolute Gasteiger partial charge is 0.494 e. The number of rotatable bonds is 13. The fraction of sp³-hybridized carbons (Fsp3) is 0.423. The third kappa shape index (κ3) is 7.26. The standard InChI is InChI=1S/C26H34N2OS/c1-3-5-18-28(19-6-4-2)20-9-21-29-23-15-12-22(13-16-23)14-17-26-27-24-10-7-8-11-25(24)30-26/h7-8,10-17H,3-6,9,18-21H2,1-2H3/b17-14+.